The summed E-state index contributed by atoms with van der Waals surface area (Å²) in [6.07, 6.45) is 0.966. The van der Waals surface area contributed by atoms with Crippen LogP contribution in [0, 0.1) is 5.92 Å². The maximum Gasteiger partial charge on any atom is 0.248 e. The molecular weight excluding hydrogens is 314 g/mol. The number of Topliss-reactive ketones (excluding diaryl/α,β-unsaturated/α-hetero) is 1. The Balaban J connectivity index is 1.91. The minimum absolute atomic E-state index is 0.0126. The molecule has 124 valence electrons. The zero-order chi connectivity index (χ0) is 17.0. The van der Waals surface area contributed by atoms with Crippen LogP contribution in [0.2, 0.25) is 0 Å². The van der Waals surface area contributed by atoms with E-state index in [1.165, 1.54) is 18.3 Å². The molecule has 0 radical (unpaired) electrons. The maximum absolute atomic E-state index is 12.1. The van der Waals surface area contributed by atoms with Gasteiger partial charge in [-0.25, -0.2) is 0 Å². The second kappa shape index (κ2) is 7.50. The average Bonchev–Trinajstić information content (AvgIpc) is 3.07. The molecule has 0 saturated heterocycles. The molecule has 1 amide bonds. The summed E-state index contributed by atoms with van der Waals surface area (Å²) in [5.41, 5.74) is 0.830. The van der Waals surface area contributed by atoms with E-state index in [1.54, 1.807) is 13.0 Å². The number of ketones is 1. The second-order valence-electron chi connectivity index (χ2n) is 5.99. The van der Waals surface area contributed by atoms with Crippen molar-refractivity contribution < 1.29 is 14.1 Å². The molecule has 1 atom stereocenters. The summed E-state index contributed by atoms with van der Waals surface area (Å²) in [7, 11) is 0. The van der Waals surface area contributed by atoms with Crippen LogP contribution in [-0.2, 0) is 17.6 Å². The normalized spacial score (nSPS) is 12.4. The molecule has 2 rings (SSSR count). The largest absolute Gasteiger partial charge is 0.344 e. The molecule has 2 aromatic heterocycles. The van der Waals surface area contributed by atoms with Crippen molar-refractivity contribution >= 4 is 23.0 Å². The fourth-order valence-electron chi connectivity index (χ4n) is 2.08. The van der Waals surface area contributed by atoms with E-state index in [0.717, 1.165) is 12.0 Å². The lowest BCUT2D eigenvalue weighted by atomic mass is 10.1. The van der Waals surface area contributed by atoms with Gasteiger partial charge in [0.2, 0.25) is 11.8 Å². The van der Waals surface area contributed by atoms with Gasteiger partial charge in [0.25, 0.3) is 0 Å². The fraction of sp³-hybridized carbons (Fsp3) is 0.500. The van der Waals surface area contributed by atoms with Gasteiger partial charge < -0.3 is 9.84 Å². The summed E-state index contributed by atoms with van der Waals surface area (Å²) in [5, 5.41) is 8.58. The summed E-state index contributed by atoms with van der Waals surface area (Å²) in [6.45, 7) is 7.48. The number of hydrogen-bond acceptors (Lipinski definition) is 6. The molecule has 2 aromatic rings. The third-order valence-electron chi connectivity index (χ3n) is 3.19. The standard InChI is InChI=1S/C16H21N3O3S/c1-9(2)5-14-18-16(22-19-14)10(3)17-15(21)7-12-6-13(11(4)20)23-8-12/h6,8-10H,5,7H2,1-4H3,(H,17,21)/t10-/m1/s1. The van der Waals surface area contributed by atoms with Crippen molar-refractivity contribution in [2.24, 2.45) is 5.92 Å². The molecule has 0 saturated carbocycles. The van der Waals surface area contributed by atoms with E-state index in [-0.39, 0.29) is 24.2 Å². The van der Waals surface area contributed by atoms with Gasteiger partial charge in [-0.15, -0.1) is 11.3 Å². The summed E-state index contributed by atoms with van der Waals surface area (Å²) >= 11 is 1.35. The first-order valence-corrected chi connectivity index (χ1v) is 8.43. The van der Waals surface area contributed by atoms with E-state index in [0.29, 0.717) is 22.5 Å². The lowest BCUT2D eigenvalue weighted by molar-refractivity contribution is -0.121. The number of amides is 1. The van der Waals surface area contributed by atoms with Crippen molar-refractivity contribution in [1.82, 2.24) is 15.5 Å². The number of aromatic nitrogens is 2. The van der Waals surface area contributed by atoms with Gasteiger partial charge in [0.1, 0.15) is 6.04 Å². The van der Waals surface area contributed by atoms with Gasteiger partial charge in [0.05, 0.1) is 11.3 Å². The van der Waals surface area contributed by atoms with E-state index >= 15 is 0 Å². The van der Waals surface area contributed by atoms with Crippen LogP contribution in [0.3, 0.4) is 0 Å². The predicted octanol–water partition coefficient (Wildman–Crippen LogP) is 2.95. The van der Waals surface area contributed by atoms with Gasteiger partial charge >= 0.3 is 0 Å². The molecule has 0 unspecified atom stereocenters. The van der Waals surface area contributed by atoms with Crippen LogP contribution < -0.4 is 5.32 Å². The van der Waals surface area contributed by atoms with Crippen molar-refractivity contribution in [1.29, 1.82) is 0 Å². The monoisotopic (exact) mass is 335 g/mol. The van der Waals surface area contributed by atoms with Crippen molar-refractivity contribution in [3.63, 3.8) is 0 Å². The summed E-state index contributed by atoms with van der Waals surface area (Å²) in [4.78, 5) is 28.3. The first kappa shape index (κ1) is 17.3. The van der Waals surface area contributed by atoms with Crippen molar-refractivity contribution in [3.8, 4) is 0 Å². The van der Waals surface area contributed by atoms with Crippen molar-refractivity contribution in [3.05, 3.63) is 33.6 Å². The number of nitrogens with zero attached hydrogens (tertiary/aromatic N) is 2. The summed E-state index contributed by atoms with van der Waals surface area (Å²) in [6, 6.07) is 1.41. The smallest absolute Gasteiger partial charge is 0.248 e. The number of thiophene rings is 1. The van der Waals surface area contributed by atoms with Crippen LogP contribution in [0.4, 0.5) is 0 Å². The molecule has 0 spiro atoms. The molecule has 1 N–H and O–H groups in total. The first-order valence-electron chi connectivity index (χ1n) is 7.55. The van der Waals surface area contributed by atoms with Crippen LogP contribution in [0.25, 0.3) is 0 Å². The van der Waals surface area contributed by atoms with Crippen LogP contribution >= 0.6 is 11.3 Å². The van der Waals surface area contributed by atoms with Crippen LogP contribution in [0.15, 0.2) is 16.0 Å². The van der Waals surface area contributed by atoms with Crippen molar-refractivity contribution in [2.75, 3.05) is 0 Å². The molecule has 23 heavy (non-hydrogen) atoms. The van der Waals surface area contributed by atoms with E-state index < -0.39 is 0 Å². The lowest BCUT2D eigenvalue weighted by Gasteiger charge is -2.08. The number of carbonyl (C=O) groups is 2. The first-order chi connectivity index (χ1) is 10.8. The number of nitrogens with one attached hydrogen (secondary N) is 1. The lowest BCUT2D eigenvalue weighted by Crippen LogP contribution is -2.28. The van der Waals surface area contributed by atoms with E-state index in [2.05, 4.69) is 29.3 Å². The van der Waals surface area contributed by atoms with E-state index in [1.807, 2.05) is 5.38 Å². The minimum atomic E-state index is -0.346. The molecule has 7 heteroatoms. The molecule has 6 nitrogen and oxygen atoms in total. The van der Waals surface area contributed by atoms with Gasteiger partial charge in [0.15, 0.2) is 11.6 Å². The van der Waals surface area contributed by atoms with Gasteiger partial charge in [-0.2, -0.15) is 4.98 Å². The Kier molecular flexibility index (Phi) is 5.65. The number of carbonyl (C=O) groups excluding carboxylic acids is 2. The highest BCUT2D eigenvalue weighted by Crippen LogP contribution is 2.17. The van der Waals surface area contributed by atoms with Gasteiger partial charge in [-0.3, -0.25) is 9.59 Å². The molecule has 2 heterocycles. The highest BCUT2D eigenvalue weighted by atomic mass is 32.1. The molecule has 0 aliphatic rings. The topological polar surface area (TPSA) is 85.1 Å². The van der Waals surface area contributed by atoms with Gasteiger partial charge in [-0.05, 0) is 36.8 Å². The van der Waals surface area contributed by atoms with Gasteiger partial charge in [0, 0.05) is 6.42 Å². The molecular formula is C16H21N3O3S. The Labute approximate surface area is 139 Å². The zero-order valence-corrected chi connectivity index (χ0v) is 14.6. The van der Waals surface area contributed by atoms with Crippen LogP contribution in [0.5, 0.6) is 0 Å². The Morgan fingerprint density at radius 3 is 2.70 bits per heavy atom. The SMILES string of the molecule is CC(=O)c1cc(CC(=O)N[C@H](C)c2nc(CC(C)C)no2)cs1. The Hall–Kier alpha value is -2.02. The van der Waals surface area contributed by atoms with Crippen molar-refractivity contribution in [2.45, 2.75) is 46.6 Å². The van der Waals surface area contributed by atoms with E-state index in [9.17, 15) is 9.59 Å². The summed E-state index contributed by atoms with van der Waals surface area (Å²) < 4.78 is 5.20. The Morgan fingerprint density at radius 1 is 1.35 bits per heavy atom. The maximum atomic E-state index is 12.1. The summed E-state index contributed by atoms with van der Waals surface area (Å²) in [5.74, 6) is 1.37. The highest BCUT2D eigenvalue weighted by molar-refractivity contribution is 7.12. The third-order valence-corrected chi connectivity index (χ3v) is 4.27. The molecule has 0 aliphatic heterocycles. The highest BCUT2D eigenvalue weighted by Gasteiger charge is 2.17. The van der Waals surface area contributed by atoms with Crippen LogP contribution in [0.1, 0.15) is 60.7 Å². The van der Waals surface area contributed by atoms with Crippen LogP contribution in [-0.4, -0.2) is 21.8 Å². The third kappa shape index (κ3) is 4.99. The Morgan fingerprint density at radius 2 is 2.09 bits per heavy atom. The van der Waals surface area contributed by atoms with E-state index in [4.69, 9.17) is 4.52 Å². The Bertz CT molecular complexity index is 690. The minimum Gasteiger partial charge on any atom is -0.344 e. The molecule has 0 aromatic carbocycles. The number of rotatable bonds is 7. The molecule has 0 bridgehead atoms. The number of hydrogen-bond donors (Lipinski definition) is 1. The fourth-order valence-corrected chi connectivity index (χ4v) is 2.90. The predicted molar refractivity (Wildman–Crippen MR) is 87.4 cm³/mol. The quantitative estimate of drug-likeness (QED) is 0.786. The average molecular weight is 335 g/mol. The zero-order valence-electron chi connectivity index (χ0n) is 13.8. The molecule has 0 fully saturated rings. The second-order valence-corrected chi connectivity index (χ2v) is 6.90. The molecule has 0 aliphatic carbocycles. The van der Waals surface area contributed by atoms with Gasteiger partial charge in [-0.1, -0.05) is 19.0 Å².